The predicted octanol–water partition coefficient (Wildman–Crippen LogP) is 5.02. The minimum Gasteiger partial charge on any atom is -0.351 e. The van der Waals surface area contributed by atoms with E-state index in [0.717, 1.165) is 11.3 Å². The second-order valence-electron chi connectivity index (χ2n) is 4.53. The van der Waals surface area contributed by atoms with Crippen LogP contribution < -0.4 is 4.90 Å². The molecule has 1 aromatic rings. The first-order valence-electron chi connectivity index (χ1n) is 6.89. The Morgan fingerprint density at radius 1 is 1.23 bits per heavy atom. The van der Waals surface area contributed by atoms with Crippen LogP contribution in [0, 0.1) is 17.7 Å². The van der Waals surface area contributed by atoms with Gasteiger partial charge >= 0.3 is 0 Å². The van der Waals surface area contributed by atoms with Gasteiger partial charge in [-0.15, -0.1) is 0 Å². The summed E-state index contributed by atoms with van der Waals surface area (Å²) < 4.78 is 12.9. The van der Waals surface area contributed by atoms with Gasteiger partial charge in [-0.05, 0) is 43.3 Å². The van der Waals surface area contributed by atoms with Gasteiger partial charge in [-0.2, -0.15) is 0 Å². The van der Waals surface area contributed by atoms with Crippen molar-refractivity contribution < 1.29 is 4.39 Å². The van der Waals surface area contributed by atoms with Gasteiger partial charge in [-0.1, -0.05) is 43.2 Å². The summed E-state index contributed by atoms with van der Waals surface area (Å²) in [6, 6.07) is 6.28. The summed E-state index contributed by atoms with van der Waals surface area (Å²) in [6.45, 7) is 9.56. The van der Waals surface area contributed by atoms with Crippen molar-refractivity contribution in [3.8, 4) is 11.8 Å². The van der Waals surface area contributed by atoms with Crippen molar-refractivity contribution >= 4 is 5.69 Å². The van der Waals surface area contributed by atoms with Crippen molar-refractivity contribution in [1.82, 2.24) is 0 Å². The number of halogens is 1. The molecule has 0 aromatic heterocycles. The molecule has 0 aliphatic heterocycles. The van der Waals surface area contributed by atoms with Crippen molar-refractivity contribution in [3.05, 3.63) is 91.0 Å². The van der Waals surface area contributed by atoms with E-state index in [-0.39, 0.29) is 5.82 Å². The molecule has 0 aliphatic carbocycles. The maximum Gasteiger partial charge on any atom is 0.123 e. The molecule has 112 valence electrons. The molecule has 0 heterocycles. The Hall–Kier alpha value is -2.79. The molecule has 1 nitrogen and oxygen atoms in total. The molecule has 0 atom stereocenters. The van der Waals surface area contributed by atoms with E-state index in [0.29, 0.717) is 5.57 Å². The fourth-order valence-corrected chi connectivity index (χ4v) is 1.52. The van der Waals surface area contributed by atoms with Crippen LogP contribution in [0.2, 0.25) is 0 Å². The van der Waals surface area contributed by atoms with Crippen molar-refractivity contribution in [2.24, 2.45) is 0 Å². The average Bonchev–Trinajstić information content (AvgIpc) is 2.53. The monoisotopic (exact) mass is 293 g/mol. The lowest BCUT2D eigenvalue weighted by molar-refractivity contribution is 0.628. The molecule has 0 saturated heterocycles. The van der Waals surface area contributed by atoms with E-state index in [2.05, 4.69) is 25.0 Å². The molecule has 0 fully saturated rings. The molecular formula is C20H20FN. The van der Waals surface area contributed by atoms with Crippen molar-refractivity contribution in [2.45, 2.75) is 6.92 Å². The molecule has 1 rings (SSSR count). The van der Waals surface area contributed by atoms with E-state index in [4.69, 9.17) is 0 Å². The maximum absolute atomic E-state index is 12.9. The Labute approximate surface area is 132 Å². The zero-order valence-corrected chi connectivity index (χ0v) is 13.0. The molecule has 2 heteroatoms. The van der Waals surface area contributed by atoms with Crippen LogP contribution in [0.15, 0.2) is 85.1 Å². The third kappa shape index (κ3) is 6.11. The lowest BCUT2D eigenvalue weighted by Crippen LogP contribution is -2.07. The summed E-state index contributed by atoms with van der Waals surface area (Å²) in [4.78, 5) is 1.87. The summed E-state index contributed by atoms with van der Waals surface area (Å²) in [7, 11) is 1.88. The van der Waals surface area contributed by atoms with Gasteiger partial charge in [-0.25, -0.2) is 4.39 Å². The molecule has 0 spiro atoms. The zero-order valence-electron chi connectivity index (χ0n) is 13.0. The number of allylic oxidation sites excluding steroid dienone is 7. The molecule has 0 N–H and O–H groups in total. The minimum absolute atomic E-state index is 0.249. The van der Waals surface area contributed by atoms with Crippen LogP contribution in [0.25, 0.3) is 0 Å². The van der Waals surface area contributed by atoms with Crippen LogP contribution in [0.1, 0.15) is 6.92 Å². The smallest absolute Gasteiger partial charge is 0.123 e. The van der Waals surface area contributed by atoms with Crippen LogP contribution in [0.5, 0.6) is 0 Å². The SMILES string of the molecule is C=C/C(C#CC(=C)/C=C\N(C)c1ccc(F)cc1)=C\C=C/C. The molecule has 0 unspecified atom stereocenters. The zero-order chi connectivity index (χ0) is 16.4. The van der Waals surface area contributed by atoms with Gasteiger partial charge in [-0.3, -0.25) is 0 Å². The van der Waals surface area contributed by atoms with Gasteiger partial charge in [0.05, 0.1) is 0 Å². The van der Waals surface area contributed by atoms with Crippen molar-refractivity contribution in [3.63, 3.8) is 0 Å². The van der Waals surface area contributed by atoms with Crippen LogP contribution >= 0.6 is 0 Å². The second kappa shape index (κ2) is 9.20. The highest BCUT2D eigenvalue weighted by Crippen LogP contribution is 2.13. The van der Waals surface area contributed by atoms with Crippen LogP contribution in [-0.2, 0) is 0 Å². The lowest BCUT2D eigenvalue weighted by Gasteiger charge is -2.13. The fraction of sp³-hybridized carbons (Fsp3) is 0.100. The Balaban J connectivity index is 2.72. The highest BCUT2D eigenvalue weighted by Gasteiger charge is 1.96. The molecule has 0 aliphatic rings. The fourth-order valence-electron chi connectivity index (χ4n) is 1.52. The second-order valence-corrected chi connectivity index (χ2v) is 4.53. The Kier molecular flexibility index (Phi) is 7.22. The third-order valence-electron chi connectivity index (χ3n) is 2.79. The lowest BCUT2D eigenvalue weighted by atomic mass is 10.2. The summed E-state index contributed by atoms with van der Waals surface area (Å²) in [5.74, 6) is 5.72. The largest absolute Gasteiger partial charge is 0.351 e. The standard InChI is InChI=1S/C20H20FN/c1-5-7-8-18(6-2)10-9-17(3)15-16-22(4)20-13-11-19(21)12-14-20/h5-8,11-16H,2-3H2,1,4H3/b7-5-,16-15-,18-8+. The first-order chi connectivity index (χ1) is 10.6. The van der Waals surface area contributed by atoms with E-state index >= 15 is 0 Å². The Morgan fingerprint density at radius 3 is 2.50 bits per heavy atom. The van der Waals surface area contributed by atoms with E-state index in [9.17, 15) is 4.39 Å². The summed E-state index contributed by atoms with van der Waals surface area (Å²) in [5.41, 5.74) is 2.40. The van der Waals surface area contributed by atoms with Crippen molar-refractivity contribution in [1.29, 1.82) is 0 Å². The van der Waals surface area contributed by atoms with E-state index in [1.165, 1.54) is 12.1 Å². The highest BCUT2D eigenvalue weighted by molar-refractivity contribution is 5.51. The first kappa shape index (κ1) is 17.3. The topological polar surface area (TPSA) is 3.24 Å². The van der Waals surface area contributed by atoms with Crippen LogP contribution in [0.3, 0.4) is 0 Å². The number of rotatable bonds is 5. The van der Waals surface area contributed by atoms with E-state index in [1.54, 1.807) is 18.2 Å². The number of hydrogen-bond acceptors (Lipinski definition) is 1. The first-order valence-corrected chi connectivity index (χ1v) is 6.89. The quantitative estimate of drug-likeness (QED) is 0.544. The molecule has 1 aromatic carbocycles. The van der Waals surface area contributed by atoms with Gasteiger partial charge in [0, 0.05) is 30.1 Å². The molecule has 22 heavy (non-hydrogen) atoms. The number of hydrogen-bond donors (Lipinski definition) is 0. The van der Waals surface area contributed by atoms with Gasteiger partial charge in [0.25, 0.3) is 0 Å². The molecular weight excluding hydrogens is 273 g/mol. The van der Waals surface area contributed by atoms with Gasteiger partial charge in [0.1, 0.15) is 5.82 Å². The molecule has 0 saturated carbocycles. The highest BCUT2D eigenvalue weighted by atomic mass is 19.1. The molecule has 0 bridgehead atoms. The van der Waals surface area contributed by atoms with Crippen LogP contribution in [0.4, 0.5) is 10.1 Å². The Bertz CT molecular complexity index is 664. The predicted molar refractivity (Wildman–Crippen MR) is 94.0 cm³/mol. The number of benzene rings is 1. The van der Waals surface area contributed by atoms with E-state index < -0.39 is 0 Å². The molecule has 0 amide bonds. The van der Waals surface area contributed by atoms with Crippen LogP contribution in [-0.4, -0.2) is 7.05 Å². The van der Waals surface area contributed by atoms with Gasteiger partial charge in [0.2, 0.25) is 0 Å². The molecule has 0 radical (unpaired) electrons. The minimum atomic E-state index is -0.249. The van der Waals surface area contributed by atoms with Gasteiger partial charge < -0.3 is 4.90 Å². The number of anilines is 1. The third-order valence-corrected chi connectivity index (χ3v) is 2.79. The van der Waals surface area contributed by atoms with E-state index in [1.807, 2.05) is 49.4 Å². The maximum atomic E-state index is 12.9. The van der Waals surface area contributed by atoms with Crippen molar-refractivity contribution in [2.75, 3.05) is 11.9 Å². The number of nitrogens with zero attached hydrogens (tertiary/aromatic N) is 1. The summed E-state index contributed by atoms with van der Waals surface area (Å²) in [6.07, 6.45) is 11.1. The average molecular weight is 293 g/mol. The summed E-state index contributed by atoms with van der Waals surface area (Å²) >= 11 is 0. The Morgan fingerprint density at radius 2 is 1.91 bits per heavy atom. The normalized spacial score (nSPS) is 11.3. The summed E-state index contributed by atoms with van der Waals surface area (Å²) in [5, 5.41) is 0. The van der Waals surface area contributed by atoms with Gasteiger partial charge in [0.15, 0.2) is 0 Å².